The van der Waals surface area contributed by atoms with Gasteiger partial charge in [-0.05, 0) is 33.5 Å². The molecule has 6 heteroatoms. The molecule has 0 aromatic carbocycles. The Kier molecular flexibility index (Phi) is 4.31. The van der Waals surface area contributed by atoms with Crippen LogP contribution >= 0.6 is 0 Å². The minimum absolute atomic E-state index is 0.538. The Balaban J connectivity index is 1.83. The van der Waals surface area contributed by atoms with Gasteiger partial charge in [-0.2, -0.15) is 10.2 Å². The highest BCUT2D eigenvalue weighted by atomic mass is 15.3. The number of nitrogens with zero attached hydrogens (tertiary/aromatic N) is 6. The zero-order chi connectivity index (χ0) is 15.7. The topological polar surface area (TPSA) is 42.1 Å². The van der Waals surface area contributed by atoms with Crippen LogP contribution in [0, 0.1) is 6.92 Å². The first-order valence-electron chi connectivity index (χ1n) is 7.91. The minimum atomic E-state index is 0.538. The van der Waals surface area contributed by atoms with Crippen molar-refractivity contribution in [3.05, 3.63) is 35.4 Å². The second-order valence-corrected chi connectivity index (χ2v) is 6.53. The van der Waals surface area contributed by atoms with Gasteiger partial charge in [-0.3, -0.25) is 14.3 Å². The number of aromatic nitrogens is 4. The molecule has 2 aromatic heterocycles. The molecule has 1 aliphatic rings. The van der Waals surface area contributed by atoms with Crippen LogP contribution in [-0.2, 0) is 26.7 Å². The molecule has 0 amide bonds. The van der Waals surface area contributed by atoms with Crippen LogP contribution in [-0.4, -0.2) is 56.0 Å². The van der Waals surface area contributed by atoms with E-state index in [0.717, 1.165) is 32.6 Å². The molecular weight excluding hydrogens is 276 g/mol. The molecule has 0 bridgehead atoms. The van der Waals surface area contributed by atoms with Crippen molar-refractivity contribution in [1.29, 1.82) is 0 Å². The third-order valence-corrected chi connectivity index (χ3v) is 4.65. The molecule has 2 aromatic rings. The number of hydrogen-bond donors (Lipinski definition) is 0. The van der Waals surface area contributed by atoms with Crippen LogP contribution in [0.5, 0.6) is 0 Å². The van der Waals surface area contributed by atoms with Gasteiger partial charge >= 0.3 is 0 Å². The highest BCUT2D eigenvalue weighted by Crippen LogP contribution is 2.21. The Hall–Kier alpha value is -1.66. The van der Waals surface area contributed by atoms with Crippen LogP contribution in [0.25, 0.3) is 0 Å². The average molecular weight is 302 g/mol. The molecule has 0 fully saturated rings. The molecule has 0 N–H and O–H groups in total. The van der Waals surface area contributed by atoms with E-state index < -0.39 is 0 Å². The summed E-state index contributed by atoms with van der Waals surface area (Å²) in [5.74, 6) is 0. The highest BCUT2D eigenvalue weighted by Gasteiger charge is 2.25. The fraction of sp³-hybridized carbons (Fsp3) is 0.625. The van der Waals surface area contributed by atoms with Gasteiger partial charge in [0.15, 0.2) is 0 Å². The Bertz CT molecular complexity index is 626. The molecule has 22 heavy (non-hydrogen) atoms. The van der Waals surface area contributed by atoms with Crippen LogP contribution < -0.4 is 0 Å². The second kappa shape index (κ2) is 6.22. The van der Waals surface area contributed by atoms with Gasteiger partial charge in [-0.15, -0.1) is 0 Å². The summed E-state index contributed by atoms with van der Waals surface area (Å²) in [4.78, 5) is 4.85. The van der Waals surface area contributed by atoms with E-state index in [0.29, 0.717) is 6.04 Å². The molecule has 120 valence electrons. The van der Waals surface area contributed by atoms with Gasteiger partial charge in [0, 0.05) is 56.7 Å². The Labute approximate surface area is 132 Å². The first-order chi connectivity index (χ1) is 10.5. The van der Waals surface area contributed by atoms with E-state index in [1.54, 1.807) is 0 Å². The molecule has 1 aliphatic heterocycles. The molecule has 0 spiro atoms. The highest BCUT2D eigenvalue weighted by molar-refractivity contribution is 5.16. The molecular formula is C16H26N6. The SMILES string of the molecule is Cc1c(CN2Cc3ccnn3CCC2CN(C)C)cnn1C. The van der Waals surface area contributed by atoms with Crippen molar-refractivity contribution < 1.29 is 0 Å². The maximum Gasteiger partial charge on any atom is 0.0537 e. The molecule has 6 nitrogen and oxygen atoms in total. The molecule has 0 saturated carbocycles. The van der Waals surface area contributed by atoms with Crippen molar-refractivity contribution >= 4 is 0 Å². The van der Waals surface area contributed by atoms with Gasteiger partial charge < -0.3 is 4.90 Å². The zero-order valence-corrected chi connectivity index (χ0v) is 14.0. The number of likely N-dealkylation sites (N-methyl/N-ethyl adjacent to an activating group) is 1. The normalized spacial score (nSPS) is 19.4. The van der Waals surface area contributed by atoms with E-state index in [1.807, 2.05) is 24.1 Å². The summed E-state index contributed by atoms with van der Waals surface area (Å²) >= 11 is 0. The fourth-order valence-electron chi connectivity index (χ4n) is 3.22. The van der Waals surface area contributed by atoms with Gasteiger partial charge in [0.2, 0.25) is 0 Å². The van der Waals surface area contributed by atoms with Crippen LogP contribution in [0.3, 0.4) is 0 Å². The molecule has 0 saturated heterocycles. The summed E-state index contributed by atoms with van der Waals surface area (Å²) in [5, 5.41) is 8.84. The Morgan fingerprint density at radius 2 is 2.14 bits per heavy atom. The number of fused-ring (bicyclic) bond motifs is 1. The van der Waals surface area contributed by atoms with E-state index in [9.17, 15) is 0 Å². The third kappa shape index (κ3) is 3.08. The number of aryl methyl sites for hydroxylation is 2. The van der Waals surface area contributed by atoms with Gasteiger partial charge in [-0.25, -0.2) is 0 Å². The van der Waals surface area contributed by atoms with Gasteiger partial charge in [0.1, 0.15) is 0 Å². The van der Waals surface area contributed by atoms with E-state index in [1.165, 1.54) is 17.0 Å². The third-order valence-electron chi connectivity index (χ3n) is 4.65. The van der Waals surface area contributed by atoms with Crippen LogP contribution in [0.1, 0.15) is 23.4 Å². The lowest BCUT2D eigenvalue weighted by Crippen LogP contribution is -2.40. The van der Waals surface area contributed by atoms with Crippen molar-refractivity contribution in [2.75, 3.05) is 20.6 Å². The maximum absolute atomic E-state index is 4.45. The predicted octanol–water partition coefficient (Wildman–Crippen LogP) is 1.26. The molecule has 0 aliphatic carbocycles. The summed E-state index contributed by atoms with van der Waals surface area (Å²) in [7, 11) is 6.31. The molecule has 0 radical (unpaired) electrons. The molecule has 3 heterocycles. The van der Waals surface area contributed by atoms with Crippen molar-refractivity contribution in [2.24, 2.45) is 7.05 Å². The summed E-state index contributed by atoms with van der Waals surface area (Å²) < 4.78 is 4.11. The van der Waals surface area contributed by atoms with E-state index >= 15 is 0 Å². The van der Waals surface area contributed by atoms with Crippen molar-refractivity contribution in [3.8, 4) is 0 Å². The van der Waals surface area contributed by atoms with E-state index in [4.69, 9.17) is 0 Å². The number of rotatable bonds is 4. The van der Waals surface area contributed by atoms with E-state index in [-0.39, 0.29) is 0 Å². The summed E-state index contributed by atoms with van der Waals surface area (Å²) in [5.41, 5.74) is 3.88. The first kappa shape index (κ1) is 15.2. The smallest absolute Gasteiger partial charge is 0.0537 e. The lowest BCUT2D eigenvalue weighted by Gasteiger charge is -2.31. The van der Waals surface area contributed by atoms with Gasteiger partial charge in [-0.1, -0.05) is 0 Å². The minimum Gasteiger partial charge on any atom is -0.308 e. The van der Waals surface area contributed by atoms with Crippen molar-refractivity contribution in [3.63, 3.8) is 0 Å². The van der Waals surface area contributed by atoms with Crippen LogP contribution in [0.2, 0.25) is 0 Å². The summed E-state index contributed by atoms with van der Waals surface area (Å²) in [6, 6.07) is 2.68. The van der Waals surface area contributed by atoms with Crippen LogP contribution in [0.4, 0.5) is 0 Å². The quantitative estimate of drug-likeness (QED) is 0.853. The predicted molar refractivity (Wildman–Crippen MR) is 86.4 cm³/mol. The lowest BCUT2D eigenvalue weighted by atomic mass is 10.1. The summed E-state index contributed by atoms with van der Waals surface area (Å²) in [6.45, 7) is 6.12. The zero-order valence-electron chi connectivity index (χ0n) is 14.0. The number of hydrogen-bond acceptors (Lipinski definition) is 4. The van der Waals surface area contributed by atoms with Crippen molar-refractivity contribution in [1.82, 2.24) is 29.4 Å². The fourth-order valence-corrected chi connectivity index (χ4v) is 3.22. The van der Waals surface area contributed by atoms with Crippen LogP contribution in [0.15, 0.2) is 18.5 Å². The summed E-state index contributed by atoms with van der Waals surface area (Å²) in [6.07, 6.45) is 5.05. The maximum atomic E-state index is 4.45. The van der Waals surface area contributed by atoms with E-state index in [2.05, 4.69) is 51.8 Å². The van der Waals surface area contributed by atoms with Gasteiger partial charge in [0.05, 0.1) is 11.9 Å². The second-order valence-electron chi connectivity index (χ2n) is 6.53. The largest absolute Gasteiger partial charge is 0.308 e. The average Bonchev–Trinajstić information content (AvgIpc) is 2.99. The Morgan fingerprint density at radius 3 is 2.82 bits per heavy atom. The molecule has 3 rings (SSSR count). The molecule has 1 atom stereocenters. The molecule has 1 unspecified atom stereocenters. The first-order valence-corrected chi connectivity index (χ1v) is 7.91. The Morgan fingerprint density at radius 1 is 1.32 bits per heavy atom. The monoisotopic (exact) mass is 302 g/mol. The lowest BCUT2D eigenvalue weighted by molar-refractivity contribution is 0.143. The standard InChI is InChI=1S/C16H26N6/c1-13-14(9-18-20(13)4)10-21-12-16-5-7-17-22(16)8-6-15(21)11-19(2)3/h5,7,9,15H,6,8,10-12H2,1-4H3. The van der Waals surface area contributed by atoms with Gasteiger partial charge in [0.25, 0.3) is 0 Å². The van der Waals surface area contributed by atoms with Crippen molar-refractivity contribution in [2.45, 2.75) is 39.0 Å².